The van der Waals surface area contributed by atoms with Gasteiger partial charge in [0.05, 0.1) is 7.11 Å². The lowest BCUT2D eigenvalue weighted by Crippen LogP contribution is -2.51. The number of sulfonamides is 1. The molecular weight excluding hydrogens is 478 g/mol. The number of nitrogens with zero attached hydrogens (tertiary/aromatic N) is 3. The Morgan fingerprint density at radius 2 is 1.36 bits per heavy atom. The van der Waals surface area contributed by atoms with Crippen LogP contribution in [0.5, 0.6) is 5.75 Å². The average molecular weight is 510 g/mol. The highest BCUT2D eigenvalue weighted by Crippen LogP contribution is 2.35. The molecule has 2 heterocycles. The van der Waals surface area contributed by atoms with Crippen molar-refractivity contribution in [2.24, 2.45) is 5.92 Å². The Morgan fingerprint density at radius 3 is 1.94 bits per heavy atom. The third-order valence-electron chi connectivity index (χ3n) is 7.43. The SMILES string of the molecule is COc1ccc(N2CCN(S(=O)(=O)C3=C(N4CCC(C)CC4)C(=O)c4ccccc4C3=O)CC2)cc1. The van der Waals surface area contributed by atoms with Crippen molar-refractivity contribution >= 4 is 27.3 Å². The highest BCUT2D eigenvalue weighted by Gasteiger charge is 2.44. The topological polar surface area (TPSA) is 87.2 Å². The molecule has 36 heavy (non-hydrogen) atoms. The molecule has 0 N–H and O–H groups in total. The standard InChI is InChI=1S/C27H31N3O5S/c1-19-11-13-29(14-12-19)24-25(31)22-5-3-4-6-23(22)26(32)27(24)36(33,34)30-17-15-28(16-18-30)20-7-9-21(35-2)10-8-20/h3-10,19H,11-18H2,1-2H3. The maximum Gasteiger partial charge on any atom is 0.249 e. The number of piperidine rings is 1. The number of fused-ring (bicyclic) bond motifs is 1. The number of allylic oxidation sites excluding steroid dienone is 2. The van der Waals surface area contributed by atoms with Crippen LogP contribution in [0.15, 0.2) is 59.1 Å². The molecule has 0 unspecified atom stereocenters. The van der Waals surface area contributed by atoms with E-state index < -0.39 is 15.8 Å². The van der Waals surface area contributed by atoms with Crippen molar-refractivity contribution < 1.29 is 22.7 Å². The van der Waals surface area contributed by atoms with Crippen LogP contribution in [-0.4, -0.2) is 75.6 Å². The van der Waals surface area contributed by atoms with Gasteiger partial charge < -0.3 is 14.5 Å². The van der Waals surface area contributed by atoms with E-state index in [4.69, 9.17) is 4.74 Å². The van der Waals surface area contributed by atoms with E-state index in [1.807, 2.05) is 29.2 Å². The zero-order valence-electron chi connectivity index (χ0n) is 20.6. The lowest BCUT2D eigenvalue weighted by Gasteiger charge is -2.38. The molecule has 2 aromatic carbocycles. The smallest absolute Gasteiger partial charge is 0.249 e. The molecule has 0 radical (unpaired) electrons. The Kier molecular flexibility index (Phi) is 6.61. The minimum Gasteiger partial charge on any atom is -0.497 e. The molecule has 2 aliphatic heterocycles. The molecule has 0 amide bonds. The average Bonchev–Trinajstić information content (AvgIpc) is 2.91. The summed E-state index contributed by atoms with van der Waals surface area (Å²) in [6.45, 7) is 4.68. The van der Waals surface area contributed by atoms with Gasteiger partial charge in [0.25, 0.3) is 0 Å². The molecule has 190 valence electrons. The molecule has 0 atom stereocenters. The number of methoxy groups -OCH3 is 1. The lowest BCUT2D eigenvalue weighted by molar-refractivity contribution is 0.0932. The van der Waals surface area contributed by atoms with Crippen molar-refractivity contribution in [3.8, 4) is 5.75 Å². The summed E-state index contributed by atoms with van der Waals surface area (Å²) in [4.78, 5) is 30.8. The predicted octanol–water partition coefficient (Wildman–Crippen LogP) is 3.17. The summed E-state index contributed by atoms with van der Waals surface area (Å²) in [5, 5.41) is 0. The first-order valence-electron chi connectivity index (χ1n) is 12.4. The second-order valence-corrected chi connectivity index (χ2v) is 11.5. The lowest BCUT2D eigenvalue weighted by atomic mass is 9.90. The van der Waals surface area contributed by atoms with Gasteiger partial charge in [0.1, 0.15) is 11.4 Å². The van der Waals surface area contributed by atoms with Crippen molar-refractivity contribution in [1.82, 2.24) is 9.21 Å². The molecule has 5 rings (SSSR count). The molecule has 1 aliphatic carbocycles. The molecule has 2 saturated heterocycles. The molecule has 0 saturated carbocycles. The number of hydrogen-bond donors (Lipinski definition) is 0. The van der Waals surface area contributed by atoms with Gasteiger partial charge in [-0.15, -0.1) is 0 Å². The van der Waals surface area contributed by atoms with Gasteiger partial charge in [0.15, 0.2) is 4.91 Å². The molecule has 2 aromatic rings. The minimum atomic E-state index is -4.18. The number of likely N-dealkylation sites (tertiary alicyclic amines) is 1. The summed E-state index contributed by atoms with van der Waals surface area (Å²) in [6.07, 6.45) is 1.70. The van der Waals surface area contributed by atoms with Crippen molar-refractivity contribution in [1.29, 1.82) is 0 Å². The Bertz CT molecular complexity index is 1300. The van der Waals surface area contributed by atoms with Crippen molar-refractivity contribution in [2.75, 3.05) is 51.3 Å². The largest absolute Gasteiger partial charge is 0.497 e. The number of piperazine rings is 1. The van der Waals surface area contributed by atoms with Crippen LogP contribution >= 0.6 is 0 Å². The van der Waals surface area contributed by atoms with Crippen LogP contribution in [0.4, 0.5) is 5.69 Å². The van der Waals surface area contributed by atoms with E-state index in [-0.39, 0.29) is 40.6 Å². The first-order valence-corrected chi connectivity index (χ1v) is 13.8. The quantitative estimate of drug-likeness (QED) is 0.612. The van der Waals surface area contributed by atoms with Crippen LogP contribution in [-0.2, 0) is 10.0 Å². The number of ketones is 2. The summed E-state index contributed by atoms with van der Waals surface area (Å²) >= 11 is 0. The Hall–Kier alpha value is -3.17. The van der Waals surface area contributed by atoms with Gasteiger partial charge in [-0.2, -0.15) is 4.31 Å². The second-order valence-electron chi connectivity index (χ2n) is 9.64. The Labute approximate surface area is 212 Å². The highest BCUT2D eigenvalue weighted by atomic mass is 32.2. The van der Waals surface area contributed by atoms with E-state index in [1.54, 1.807) is 31.4 Å². The van der Waals surface area contributed by atoms with Gasteiger partial charge in [0, 0.05) is 56.1 Å². The van der Waals surface area contributed by atoms with E-state index in [0.29, 0.717) is 32.1 Å². The molecule has 0 aromatic heterocycles. The van der Waals surface area contributed by atoms with Gasteiger partial charge >= 0.3 is 0 Å². The summed E-state index contributed by atoms with van der Waals surface area (Å²) in [6, 6.07) is 14.2. The number of benzene rings is 2. The van der Waals surface area contributed by atoms with Gasteiger partial charge in [-0.05, 0) is 43.0 Å². The van der Waals surface area contributed by atoms with Crippen molar-refractivity contribution in [3.05, 3.63) is 70.3 Å². The number of carbonyl (C=O) groups is 2. The number of hydrogen-bond acceptors (Lipinski definition) is 7. The molecule has 8 nitrogen and oxygen atoms in total. The van der Waals surface area contributed by atoms with E-state index in [2.05, 4.69) is 11.8 Å². The number of rotatable bonds is 5. The van der Waals surface area contributed by atoms with Gasteiger partial charge in [-0.1, -0.05) is 31.2 Å². The molecule has 2 fully saturated rings. The maximum absolute atomic E-state index is 14.0. The third kappa shape index (κ3) is 4.30. The van der Waals surface area contributed by atoms with E-state index in [0.717, 1.165) is 24.3 Å². The fraction of sp³-hybridized carbons (Fsp3) is 0.407. The second kappa shape index (κ2) is 9.71. The molecule has 0 bridgehead atoms. The van der Waals surface area contributed by atoms with Gasteiger partial charge in [-0.3, -0.25) is 9.59 Å². The number of carbonyl (C=O) groups excluding carboxylic acids is 2. The summed E-state index contributed by atoms with van der Waals surface area (Å²) < 4.78 is 34.5. The Morgan fingerprint density at radius 1 is 0.778 bits per heavy atom. The first kappa shape index (κ1) is 24.5. The third-order valence-corrected chi connectivity index (χ3v) is 9.37. The normalized spacial score (nSPS) is 20.1. The Balaban J connectivity index is 1.47. The minimum absolute atomic E-state index is 0.0446. The number of anilines is 1. The van der Waals surface area contributed by atoms with Crippen molar-refractivity contribution in [2.45, 2.75) is 19.8 Å². The molecule has 0 spiro atoms. The zero-order valence-corrected chi connectivity index (χ0v) is 21.5. The predicted molar refractivity (Wildman–Crippen MR) is 138 cm³/mol. The molecule has 3 aliphatic rings. The maximum atomic E-state index is 14.0. The monoisotopic (exact) mass is 509 g/mol. The fourth-order valence-electron chi connectivity index (χ4n) is 5.21. The summed E-state index contributed by atoms with van der Waals surface area (Å²) in [7, 11) is -2.57. The van der Waals surface area contributed by atoms with Crippen molar-refractivity contribution in [3.63, 3.8) is 0 Å². The van der Waals surface area contributed by atoms with Gasteiger partial charge in [-0.25, -0.2) is 8.42 Å². The molecular formula is C27H31N3O5S. The van der Waals surface area contributed by atoms with E-state index in [1.165, 1.54) is 4.31 Å². The number of ether oxygens (including phenoxy) is 1. The number of Topliss-reactive ketones (excluding diaryl/α,β-unsaturated/α-hetero) is 2. The summed E-state index contributed by atoms with van der Waals surface area (Å²) in [5.74, 6) is 0.286. The fourth-order valence-corrected chi connectivity index (χ4v) is 6.92. The first-order chi connectivity index (χ1) is 17.3. The van der Waals surface area contributed by atoms with E-state index in [9.17, 15) is 18.0 Å². The molecule has 9 heteroatoms. The van der Waals surface area contributed by atoms with Crippen LogP contribution in [0.1, 0.15) is 40.5 Å². The van der Waals surface area contributed by atoms with Crippen LogP contribution in [0.2, 0.25) is 0 Å². The van der Waals surface area contributed by atoms with Crippen LogP contribution in [0.25, 0.3) is 0 Å². The highest BCUT2D eigenvalue weighted by molar-refractivity contribution is 7.94. The van der Waals surface area contributed by atoms with Crippen LogP contribution in [0.3, 0.4) is 0 Å². The zero-order chi connectivity index (χ0) is 25.4. The summed E-state index contributed by atoms with van der Waals surface area (Å²) in [5.41, 5.74) is 1.46. The van der Waals surface area contributed by atoms with Crippen LogP contribution < -0.4 is 9.64 Å². The van der Waals surface area contributed by atoms with E-state index >= 15 is 0 Å². The van der Waals surface area contributed by atoms with Gasteiger partial charge in [0.2, 0.25) is 21.6 Å². The van der Waals surface area contributed by atoms with Crippen LogP contribution in [0, 0.1) is 5.92 Å².